The molecule has 3 heteroatoms. The molecule has 0 amide bonds. The first kappa shape index (κ1) is 13.6. The van der Waals surface area contributed by atoms with Gasteiger partial charge in [0, 0.05) is 17.8 Å². The summed E-state index contributed by atoms with van der Waals surface area (Å²) in [5.74, 6) is 1.55. The Labute approximate surface area is 125 Å². The Kier molecular flexibility index (Phi) is 3.82. The lowest BCUT2D eigenvalue weighted by Gasteiger charge is -2.23. The molecule has 0 aromatic heterocycles. The fourth-order valence-corrected chi connectivity index (χ4v) is 2.65. The van der Waals surface area contributed by atoms with Crippen molar-refractivity contribution in [2.45, 2.75) is 6.42 Å². The van der Waals surface area contributed by atoms with Gasteiger partial charge in [0.2, 0.25) is 0 Å². The predicted octanol–water partition coefficient (Wildman–Crippen LogP) is 3.35. The molecule has 0 aliphatic carbocycles. The number of benzene rings is 2. The Bertz CT molecular complexity index is 662. The van der Waals surface area contributed by atoms with E-state index in [0.29, 0.717) is 0 Å². The Morgan fingerprint density at radius 2 is 1.71 bits per heavy atom. The minimum Gasteiger partial charge on any atom is -0.493 e. The SMILES string of the molecule is COc1cc2c(cc1OC)/C(=C/c1ccccc1)NCC2. The maximum atomic E-state index is 5.42. The molecule has 1 heterocycles. The van der Waals surface area contributed by atoms with Crippen molar-refractivity contribution in [1.29, 1.82) is 0 Å². The minimum atomic E-state index is 0.763. The Hall–Kier alpha value is -2.42. The zero-order valence-corrected chi connectivity index (χ0v) is 12.3. The van der Waals surface area contributed by atoms with Crippen molar-refractivity contribution in [3.63, 3.8) is 0 Å². The molecular formula is C18H19NO2. The van der Waals surface area contributed by atoms with E-state index in [1.807, 2.05) is 18.2 Å². The van der Waals surface area contributed by atoms with Crippen LogP contribution in [0.15, 0.2) is 42.5 Å². The van der Waals surface area contributed by atoms with Gasteiger partial charge in [-0.05, 0) is 35.8 Å². The number of ether oxygens (including phenoxy) is 2. The summed E-state index contributed by atoms with van der Waals surface area (Å²) in [6.07, 6.45) is 3.16. The van der Waals surface area contributed by atoms with Gasteiger partial charge in [-0.1, -0.05) is 30.3 Å². The van der Waals surface area contributed by atoms with E-state index in [2.05, 4.69) is 35.7 Å². The zero-order chi connectivity index (χ0) is 14.7. The number of methoxy groups -OCH3 is 2. The molecular weight excluding hydrogens is 262 g/mol. The third kappa shape index (κ3) is 2.72. The fraction of sp³-hybridized carbons (Fsp3) is 0.222. The normalized spacial score (nSPS) is 15.2. The molecule has 0 saturated carbocycles. The molecule has 21 heavy (non-hydrogen) atoms. The third-order valence-corrected chi connectivity index (χ3v) is 3.72. The van der Waals surface area contributed by atoms with Gasteiger partial charge >= 0.3 is 0 Å². The fourth-order valence-electron chi connectivity index (χ4n) is 2.65. The Morgan fingerprint density at radius 3 is 2.43 bits per heavy atom. The Morgan fingerprint density at radius 1 is 1.00 bits per heavy atom. The topological polar surface area (TPSA) is 30.5 Å². The van der Waals surface area contributed by atoms with Crippen LogP contribution in [0.4, 0.5) is 0 Å². The first-order valence-electron chi connectivity index (χ1n) is 7.07. The molecule has 0 saturated heterocycles. The van der Waals surface area contributed by atoms with E-state index < -0.39 is 0 Å². The van der Waals surface area contributed by atoms with Gasteiger partial charge in [-0.15, -0.1) is 0 Å². The van der Waals surface area contributed by atoms with E-state index in [0.717, 1.165) is 30.2 Å². The van der Waals surface area contributed by atoms with E-state index >= 15 is 0 Å². The van der Waals surface area contributed by atoms with Gasteiger partial charge in [0.25, 0.3) is 0 Å². The maximum absolute atomic E-state index is 5.42. The molecule has 0 bridgehead atoms. The highest BCUT2D eigenvalue weighted by Gasteiger charge is 2.17. The van der Waals surface area contributed by atoms with E-state index in [9.17, 15) is 0 Å². The molecule has 1 aliphatic heterocycles. The Balaban J connectivity index is 2.07. The first-order chi connectivity index (χ1) is 10.3. The van der Waals surface area contributed by atoms with Crippen LogP contribution in [0.2, 0.25) is 0 Å². The average Bonchev–Trinajstić information content (AvgIpc) is 2.55. The van der Waals surface area contributed by atoms with Crippen molar-refractivity contribution >= 4 is 11.8 Å². The molecule has 1 aliphatic rings. The first-order valence-corrected chi connectivity index (χ1v) is 7.07. The second-order valence-electron chi connectivity index (χ2n) is 5.01. The second kappa shape index (κ2) is 5.92. The van der Waals surface area contributed by atoms with Gasteiger partial charge < -0.3 is 14.8 Å². The molecule has 2 aromatic carbocycles. The van der Waals surface area contributed by atoms with E-state index in [-0.39, 0.29) is 0 Å². The molecule has 0 atom stereocenters. The molecule has 108 valence electrons. The van der Waals surface area contributed by atoms with Crippen molar-refractivity contribution in [1.82, 2.24) is 5.32 Å². The average molecular weight is 281 g/mol. The van der Waals surface area contributed by atoms with Gasteiger partial charge in [-0.25, -0.2) is 0 Å². The molecule has 3 nitrogen and oxygen atoms in total. The number of fused-ring (bicyclic) bond motifs is 1. The summed E-state index contributed by atoms with van der Waals surface area (Å²) in [5.41, 5.74) is 4.78. The van der Waals surface area contributed by atoms with Crippen molar-refractivity contribution in [2.75, 3.05) is 20.8 Å². The van der Waals surface area contributed by atoms with Gasteiger partial charge in [-0.3, -0.25) is 0 Å². The van der Waals surface area contributed by atoms with Crippen molar-refractivity contribution in [3.8, 4) is 11.5 Å². The maximum Gasteiger partial charge on any atom is 0.161 e. The molecule has 0 radical (unpaired) electrons. The standard InChI is InChI=1S/C18H19NO2/c1-20-17-11-14-8-9-19-16(15(14)12-18(17)21-2)10-13-6-4-3-5-7-13/h3-7,10-12,19H,8-9H2,1-2H3/b16-10-. The minimum absolute atomic E-state index is 0.763. The predicted molar refractivity (Wildman–Crippen MR) is 85.6 cm³/mol. The van der Waals surface area contributed by atoms with Crippen LogP contribution in [0.5, 0.6) is 11.5 Å². The summed E-state index contributed by atoms with van der Waals surface area (Å²) >= 11 is 0. The van der Waals surface area contributed by atoms with Crippen LogP contribution in [0.3, 0.4) is 0 Å². The second-order valence-corrected chi connectivity index (χ2v) is 5.01. The van der Waals surface area contributed by atoms with Crippen molar-refractivity contribution in [3.05, 3.63) is 59.2 Å². The summed E-state index contributed by atoms with van der Waals surface area (Å²) in [6, 6.07) is 14.4. The lowest BCUT2D eigenvalue weighted by molar-refractivity contribution is 0.354. The van der Waals surface area contributed by atoms with Crippen molar-refractivity contribution < 1.29 is 9.47 Å². The highest BCUT2D eigenvalue weighted by Crippen LogP contribution is 2.35. The van der Waals surface area contributed by atoms with Gasteiger partial charge in [0.05, 0.1) is 14.2 Å². The van der Waals surface area contributed by atoms with Crippen LogP contribution in [-0.2, 0) is 6.42 Å². The molecule has 2 aromatic rings. The van der Waals surface area contributed by atoms with Crippen LogP contribution in [-0.4, -0.2) is 20.8 Å². The van der Waals surface area contributed by atoms with Crippen molar-refractivity contribution in [2.24, 2.45) is 0 Å². The number of nitrogens with one attached hydrogen (secondary N) is 1. The van der Waals surface area contributed by atoms with Gasteiger partial charge in [0.1, 0.15) is 0 Å². The number of rotatable bonds is 3. The highest BCUT2D eigenvalue weighted by molar-refractivity contribution is 5.83. The van der Waals surface area contributed by atoms with E-state index in [1.54, 1.807) is 14.2 Å². The lowest BCUT2D eigenvalue weighted by atomic mass is 9.96. The molecule has 0 spiro atoms. The molecule has 0 unspecified atom stereocenters. The van der Waals surface area contributed by atoms with E-state index in [4.69, 9.17) is 9.47 Å². The highest BCUT2D eigenvalue weighted by atomic mass is 16.5. The summed E-state index contributed by atoms with van der Waals surface area (Å²) in [5, 5.41) is 3.48. The van der Waals surface area contributed by atoms with Crippen LogP contribution in [0.1, 0.15) is 16.7 Å². The summed E-state index contributed by atoms with van der Waals surface area (Å²) in [7, 11) is 3.34. The van der Waals surface area contributed by atoms with Crippen LogP contribution in [0.25, 0.3) is 11.8 Å². The summed E-state index contributed by atoms with van der Waals surface area (Å²) in [6.45, 7) is 0.932. The number of hydrogen-bond acceptors (Lipinski definition) is 3. The summed E-state index contributed by atoms with van der Waals surface area (Å²) in [4.78, 5) is 0. The quantitative estimate of drug-likeness (QED) is 0.936. The number of hydrogen-bond donors (Lipinski definition) is 1. The van der Waals surface area contributed by atoms with Gasteiger partial charge in [-0.2, -0.15) is 0 Å². The lowest BCUT2D eigenvalue weighted by Crippen LogP contribution is -2.22. The molecule has 0 fully saturated rings. The van der Waals surface area contributed by atoms with Crippen LogP contribution >= 0.6 is 0 Å². The molecule has 3 rings (SSSR count). The monoisotopic (exact) mass is 281 g/mol. The zero-order valence-electron chi connectivity index (χ0n) is 12.3. The summed E-state index contributed by atoms with van der Waals surface area (Å²) < 4.78 is 10.8. The largest absolute Gasteiger partial charge is 0.493 e. The van der Waals surface area contributed by atoms with Crippen LogP contribution < -0.4 is 14.8 Å². The molecule has 1 N–H and O–H groups in total. The smallest absolute Gasteiger partial charge is 0.161 e. The van der Waals surface area contributed by atoms with Crippen LogP contribution in [0, 0.1) is 0 Å². The third-order valence-electron chi connectivity index (χ3n) is 3.72. The van der Waals surface area contributed by atoms with E-state index in [1.165, 1.54) is 16.7 Å². The van der Waals surface area contributed by atoms with Gasteiger partial charge in [0.15, 0.2) is 11.5 Å².